The number of aromatic nitrogens is 2. The van der Waals surface area contributed by atoms with E-state index < -0.39 is 0 Å². The van der Waals surface area contributed by atoms with Crippen molar-refractivity contribution in [2.24, 2.45) is 0 Å². The molecule has 2 N–H and O–H groups in total. The van der Waals surface area contributed by atoms with Gasteiger partial charge >= 0.3 is 0 Å². The van der Waals surface area contributed by atoms with Crippen LogP contribution < -0.4 is 10.6 Å². The van der Waals surface area contributed by atoms with Gasteiger partial charge in [-0.05, 0) is 42.7 Å². The third kappa shape index (κ3) is 5.77. The molecule has 8 heteroatoms. The third-order valence-corrected chi connectivity index (χ3v) is 6.05. The molecule has 1 aromatic heterocycles. The van der Waals surface area contributed by atoms with Crippen LogP contribution >= 0.6 is 23.1 Å². The van der Waals surface area contributed by atoms with E-state index in [1.54, 1.807) is 12.1 Å². The summed E-state index contributed by atoms with van der Waals surface area (Å²) in [6, 6.07) is 14.3. The van der Waals surface area contributed by atoms with Gasteiger partial charge < -0.3 is 10.6 Å². The Hall–Kier alpha value is -2.45. The number of hydrogen-bond acceptors (Lipinski definition) is 6. The highest BCUT2D eigenvalue weighted by atomic mass is 32.2. The number of hydrogen-bond donors (Lipinski definition) is 2. The van der Waals surface area contributed by atoms with E-state index in [0.717, 1.165) is 12.0 Å². The maximum absolute atomic E-state index is 13.2. The van der Waals surface area contributed by atoms with Gasteiger partial charge in [0.15, 0.2) is 4.34 Å². The Morgan fingerprint density at radius 3 is 2.71 bits per heavy atom. The van der Waals surface area contributed by atoms with Crippen LogP contribution in [-0.4, -0.2) is 21.9 Å². The lowest BCUT2D eigenvalue weighted by molar-refractivity contribution is -0.119. The first-order chi connectivity index (χ1) is 13.5. The number of rotatable bonds is 8. The predicted molar refractivity (Wildman–Crippen MR) is 113 cm³/mol. The Kier molecular flexibility index (Phi) is 7.00. The topological polar surface area (TPSA) is 66.9 Å². The van der Waals surface area contributed by atoms with E-state index >= 15 is 0 Å². The normalized spacial score (nSPS) is 11.8. The number of nitrogens with one attached hydrogen (secondary N) is 2. The van der Waals surface area contributed by atoms with Crippen LogP contribution in [0.25, 0.3) is 0 Å². The fourth-order valence-corrected chi connectivity index (χ4v) is 4.13. The minimum atomic E-state index is -0.320. The number of benzene rings is 2. The van der Waals surface area contributed by atoms with Crippen molar-refractivity contribution in [1.29, 1.82) is 0 Å². The molecule has 0 radical (unpaired) electrons. The van der Waals surface area contributed by atoms with Crippen molar-refractivity contribution in [1.82, 2.24) is 15.5 Å². The molecular formula is C20H21FN4OS2. The summed E-state index contributed by atoms with van der Waals surface area (Å²) in [6.45, 7) is 4.08. The molecule has 0 saturated carbocycles. The SMILES string of the molecule is CCc1ccc([C@@H](C)NC(=O)CSc2nnc(Nc3cccc(F)c3)s2)cc1. The second-order valence-corrected chi connectivity index (χ2v) is 8.38. The lowest BCUT2D eigenvalue weighted by Gasteiger charge is -2.14. The van der Waals surface area contributed by atoms with Gasteiger partial charge in [-0.25, -0.2) is 4.39 Å². The van der Waals surface area contributed by atoms with Crippen LogP contribution in [0.2, 0.25) is 0 Å². The lowest BCUT2D eigenvalue weighted by atomic mass is 10.1. The van der Waals surface area contributed by atoms with E-state index in [1.165, 1.54) is 40.8 Å². The largest absolute Gasteiger partial charge is 0.349 e. The maximum atomic E-state index is 13.2. The summed E-state index contributed by atoms with van der Waals surface area (Å²) in [4.78, 5) is 12.2. The van der Waals surface area contributed by atoms with Gasteiger partial charge in [0, 0.05) is 5.69 Å². The van der Waals surface area contributed by atoms with Gasteiger partial charge in [0.25, 0.3) is 0 Å². The van der Waals surface area contributed by atoms with E-state index in [0.29, 0.717) is 15.2 Å². The van der Waals surface area contributed by atoms with E-state index in [2.05, 4.69) is 39.9 Å². The van der Waals surface area contributed by atoms with E-state index in [1.807, 2.05) is 19.1 Å². The van der Waals surface area contributed by atoms with Crippen molar-refractivity contribution in [3.05, 3.63) is 65.5 Å². The number of aryl methyl sites for hydroxylation is 1. The van der Waals surface area contributed by atoms with Crippen LogP contribution in [0.4, 0.5) is 15.2 Å². The molecule has 1 atom stereocenters. The average Bonchev–Trinajstić information content (AvgIpc) is 3.14. The van der Waals surface area contributed by atoms with Crippen LogP contribution in [0.15, 0.2) is 52.9 Å². The molecule has 2 aromatic carbocycles. The van der Waals surface area contributed by atoms with Gasteiger partial charge in [0.05, 0.1) is 11.8 Å². The Balaban J connectivity index is 1.48. The maximum Gasteiger partial charge on any atom is 0.230 e. The Morgan fingerprint density at radius 2 is 2.00 bits per heavy atom. The van der Waals surface area contributed by atoms with Crippen LogP contribution in [0.3, 0.4) is 0 Å². The van der Waals surface area contributed by atoms with E-state index in [9.17, 15) is 9.18 Å². The summed E-state index contributed by atoms with van der Waals surface area (Å²) in [5, 5.41) is 14.6. The van der Waals surface area contributed by atoms with Crippen molar-refractivity contribution in [3.8, 4) is 0 Å². The van der Waals surface area contributed by atoms with Gasteiger partial charge in [-0.1, -0.05) is 60.4 Å². The lowest BCUT2D eigenvalue weighted by Crippen LogP contribution is -2.28. The highest BCUT2D eigenvalue weighted by Crippen LogP contribution is 2.27. The van der Waals surface area contributed by atoms with Gasteiger partial charge in [-0.2, -0.15) is 0 Å². The van der Waals surface area contributed by atoms with Crippen LogP contribution in [0, 0.1) is 5.82 Å². The summed E-state index contributed by atoms with van der Waals surface area (Å²) in [5.41, 5.74) is 2.96. The number of nitrogens with zero attached hydrogens (tertiary/aromatic N) is 2. The van der Waals surface area contributed by atoms with Gasteiger partial charge in [0.2, 0.25) is 11.0 Å². The first kappa shape index (κ1) is 20.3. The molecule has 28 heavy (non-hydrogen) atoms. The molecule has 3 aromatic rings. The fourth-order valence-electron chi connectivity index (χ4n) is 2.54. The number of thioether (sulfide) groups is 1. The molecular weight excluding hydrogens is 395 g/mol. The average molecular weight is 417 g/mol. The Morgan fingerprint density at radius 1 is 1.21 bits per heavy atom. The summed E-state index contributed by atoms with van der Waals surface area (Å²) >= 11 is 2.65. The molecule has 1 amide bonds. The Bertz CT molecular complexity index is 930. The van der Waals surface area contributed by atoms with Gasteiger partial charge in [-0.15, -0.1) is 10.2 Å². The number of halogens is 1. The van der Waals surface area contributed by atoms with Crippen LogP contribution in [0.1, 0.15) is 31.0 Å². The number of amides is 1. The summed E-state index contributed by atoms with van der Waals surface area (Å²) in [7, 11) is 0. The molecule has 0 unspecified atom stereocenters. The van der Waals surface area contributed by atoms with Crippen molar-refractivity contribution in [2.45, 2.75) is 30.6 Å². The van der Waals surface area contributed by atoms with Gasteiger partial charge in [0.1, 0.15) is 5.82 Å². The minimum absolute atomic E-state index is 0.0568. The smallest absolute Gasteiger partial charge is 0.230 e. The van der Waals surface area contributed by atoms with Crippen molar-refractivity contribution in [3.63, 3.8) is 0 Å². The summed E-state index contributed by atoms with van der Waals surface area (Å²) in [5.74, 6) is -0.127. The van der Waals surface area contributed by atoms with Crippen LogP contribution in [-0.2, 0) is 11.2 Å². The molecule has 146 valence electrons. The zero-order chi connectivity index (χ0) is 19.9. The van der Waals surface area contributed by atoms with E-state index in [4.69, 9.17) is 0 Å². The molecule has 0 aliphatic rings. The molecule has 1 heterocycles. The standard InChI is InChI=1S/C20H21FN4OS2/c1-3-14-7-9-15(10-8-14)13(2)22-18(26)12-27-20-25-24-19(28-20)23-17-6-4-5-16(21)11-17/h4-11,13H,3,12H2,1-2H3,(H,22,26)(H,23,24)/t13-/m1/s1. The van der Waals surface area contributed by atoms with Crippen molar-refractivity contribution < 1.29 is 9.18 Å². The first-order valence-electron chi connectivity index (χ1n) is 8.90. The summed E-state index contributed by atoms with van der Waals surface area (Å²) in [6.07, 6.45) is 0.996. The quantitative estimate of drug-likeness (QED) is 0.509. The number of carbonyl (C=O) groups is 1. The second-order valence-electron chi connectivity index (χ2n) is 6.18. The third-order valence-electron chi connectivity index (χ3n) is 4.07. The number of carbonyl (C=O) groups excluding carboxylic acids is 1. The van der Waals surface area contributed by atoms with Crippen molar-refractivity contribution >= 4 is 39.8 Å². The molecule has 3 rings (SSSR count). The number of anilines is 2. The molecule has 0 bridgehead atoms. The second kappa shape index (κ2) is 9.66. The first-order valence-corrected chi connectivity index (χ1v) is 10.7. The highest BCUT2D eigenvalue weighted by molar-refractivity contribution is 8.01. The molecule has 0 aliphatic carbocycles. The molecule has 0 aliphatic heterocycles. The zero-order valence-electron chi connectivity index (χ0n) is 15.6. The van der Waals surface area contributed by atoms with Crippen molar-refractivity contribution in [2.75, 3.05) is 11.1 Å². The predicted octanol–water partition coefficient (Wildman–Crippen LogP) is 4.95. The van der Waals surface area contributed by atoms with E-state index in [-0.39, 0.29) is 23.5 Å². The molecule has 0 spiro atoms. The monoisotopic (exact) mass is 416 g/mol. The Labute approximate surface area is 171 Å². The molecule has 5 nitrogen and oxygen atoms in total. The molecule has 0 fully saturated rings. The molecule has 0 saturated heterocycles. The van der Waals surface area contributed by atoms with Gasteiger partial charge in [-0.3, -0.25) is 4.79 Å². The highest BCUT2D eigenvalue weighted by Gasteiger charge is 2.12. The zero-order valence-corrected chi connectivity index (χ0v) is 17.2. The summed E-state index contributed by atoms with van der Waals surface area (Å²) < 4.78 is 13.9. The fraction of sp³-hybridized carbons (Fsp3) is 0.250. The van der Waals surface area contributed by atoms with Crippen LogP contribution in [0.5, 0.6) is 0 Å². The minimum Gasteiger partial charge on any atom is -0.349 e.